The minimum atomic E-state index is -0.236. The Kier molecular flexibility index (Phi) is 4.62. The summed E-state index contributed by atoms with van der Waals surface area (Å²) in [5.74, 6) is -0.236. The zero-order chi connectivity index (χ0) is 13.0. The fourth-order valence-corrected chi connectivity index (χ4v) is 3.43. The number of nitrogens with one attached hydrogen (secondary N) is 1. The SMILES string of the molecule is CSC1CCCC1NCc1cc(C#N)ccc1F. The molecule has 1 aliphatic rings. The highest BCUT2D eigenvalue weighted by molar-refractivity contribution is 7.99. The molecule has 0 aliphatic heterocycles. The molecular weight excluding hydrogens is 247 g/mol. The smallest absolute Gasteiger partial charge is 0.127 e. The number of rotatable bonds is 4. The number of benzene rings is 1. The van der Waals surface area contributed by atoms with Gasteiger partial charge in [-0.05, 0) is 37.3 Å². The van der Waals surface area contributed by atoms with E-state index in [-0.39, 0.29) is 5.82 Å². The number of halogens is 1. The van der Waals surface area contributed by atoms with E-state index in [0.717, 1.165) is 6.42 Å². The van der Waals surface area contributed by atoms with Gasteiger partial charge >= 0.3 is 0 Å². The second-order valence-electron chi connectivity index (χ2n) is 4.61. The zero-order valence-electron chi connectivity index (χ0n) is 10.4. The van der Waals surface area contributed by atoms with Gasteiger partial charge in [0, 0.05) is 23.4 Å². The van der Waals surface area contributed by atoms with Crippen LogP contribution in [0.5, 0.6) is 0 Å². The zero-order valence-corrected chi connectivity index (χ0v) is 11.3. The van der Waals surface area contributed by atoms with Crippen molar-refractivity contribution in [2.75, 3.05) is 6.26 Å². The van der Waals surface area contributed by atoms with Gasteiger partial charge in [0.15, 0.2) is 0 Å². The largest absolute Gasteiger partial charge is 0.309 e. The van der Waals surface area contributed by atoms with Crippen LogP contribution in [0.1, 0.15) is 30.4 Å². The van der Waals surface area contributed by atoms with Crippen molar-refractivity contribution in [3.8, 4) is 6.07 Å². The van der Waals surface area contributed by atoms with Gasteiger partial charge in [-0.1, -0.05) is 6.42 Å². The minimum absolute atomic E-state index is 0.236. The van der Waals surface area contributed by atoms with Crippen LogP contribution in [-0.4, -0.2) is 17.5 Å². The molecule has 2 atom stereocenters. The van der Waals surface area contributed by atoms with E-state index in [4.69, 9.17) is 5.26 Å². The average molecular weight is 264 g/mol. The third-order valence-electron chi connectivity index (χ3n) is 3.48. The van der Waals surface area contributed by atoms with Gasteiger partial charge in [0.25, 0.3) is 0 Å². The summed E-state index contributed by atoms with van der Waals surface area (Å²) in [7, 11) is 0. The first kappa shape index (κ1) is 13.4. The molecule has 1 fully saturated rings. The number of nitriles is 1. The van der Waals surface area contributed by atoms with Crippen LogP contribution in [0.3, 0.4) is 0 Å². The van der Waals surface area contributed by atoms with Gasteiger partial charge in [0.05, 0.1) is 11.6 Å². The quantitative estimate of drug-likeness (QED) is 0.908. The molecule has 0 radical (unpaired) electrons. The van der Waals surface area contributed by atoms with Crippen molar-refractivity contribution in [2.24, 2.45) is 0 Å². The fourth-order valence-electron chi connectivity index (χ4n) is 2.46. The van der Waals surface area contributed by atoms with Gasteiger partial charge in [-0.3, -0.25) is 0 Å². The Morgan fingerprint density at radius 2 is 2.33 bits per heavy atom. The normalized spacial score (nSPS) is 22.9. The molecular formula is C14H17FN2S. The summed E-state index contributed by atoms with van der Waals surface area (Å²) in [6.07, 6.45) is 5.76. The van der Waals surface area contributed by atoms with E-state index in [2.05, 4.69) is 11.6 Å². The third kappa shape index (κ3) is 3.04. The highest BCUT2D eigenvalue weighted by atomic mass is 32.2. The maximum atomic E-state index is 13.6. The van der Waals surface area contributed by atoms with Gasteiger partial charge in [-0.25, -0.2) is 4.39 Å². The molecule has 1 aromatic carbocycles. The molecule has 1 N–H and O–H groups in total. The molecule has 1 aliphatic carbocycles. The van der Waals surface area contributed by atoms with Crippen LogP contribution >= 0.6 is 11.8 Å². The minimum Gasteiger partial charge on any atom is -0.309 e. The summed E-state index contributed by atoms with van der Waals surface area (Å²) in [6.45, 7) is 0.503. The van der Waals surface area contributed by atoms with Crippen LogP contribution in [0.15, 0.2) is 18.2 Å². The predicted octanol–water partition coefficient (Wildman–Crippen LogP) is 3.07. The molecule has 0 aromatic heterocycles. The van der Waals surface area contributed by atoms with Gasteiger partial charge in [0.2, 0.25) is 0 Å². The van der Waals surface area contributed by atoms with E-state index in [1.54, 1.807) is 6.07 Å². The molecule has 0 heterocycles. The predicted molar refractivity (Wildman–Crippen MR) is 72.9 cm³/mol. The number of nitrogens with zero attached hydrogens (tertiary/aromatic N) is 1. The molecule has 18 heavy (non-hydrogen) atoms. The second kappa shape index (κ2) is 6.21. The van der Waals surface area contributed by atoms with Crippen molar-refractivity contribution < 1.29 is 4.39 Å². The molecule has 1 saturated carbocycles. The Morgan fingerprint density at radius 1 is 1.50 bits per heavy atom. The standard InChI is InChI=1S/C14H17FN2S/c1-18-14-4-2-3-13(14)17-9-11-7-10(8-16)5-6-12(11)15/h5-7,13-14,17H,2-4,9H2,1H3. The van der Waals surface area contributed by atoms with Gasteiger partial charge < -0.3 is 5.32 Å². The van der Waals surface area contributed by atoms with E-state index < -0.39 is 0 Å². The second-order valence-corrected chi connectivity index (χ2v) is 5.69. The maximum absolute atomic E-state index is 13.6. The van der Waals surface area contributed by atoms with Crippen molar-refractivity contribution in [3.05, 3.63) is 35.1 Å². The number of hydrogen-bond donors (Lipinski definition) is 1. The Balaban J connectivity index is 1.99. The maximum Gasteiger partial charge on any atom is 0.127 e. The molecule has 1 aromatic rings. The summed E-state index contributed by atoms with van der Waals surface area (Å²) in [5.41, 5.74) is 1.10. The first-order chi connectivity index (χ1) is 8.74. The van der Waals surface area contributed by atoms with Gasteiger partial charge in [-0.2, -0.15) is 17.0 Å². The Labute approximate surface area is 112 Å². The lowest BCUT2D eigenvalue weighted by Crippen LogP contribution is -2.33. The highest BCUT2D eigenvalue weighted by Gasteiger charge is 2.25. The molecule has 0 saturated heterocycles. The Hall–Kier alpha value is -1.05. The van der Waals surface area contributed by atoms with E-state index in [1.807, 2.05) is 17.8 Å². The van der Waals surface area contributed by atoms with Crippen LogP contribution < -0.4 is 5.32 Å². The topological polar surface area (TPSA) is 35.8 Å². The lowest BCUT2D eigenvalue weighted by atomic mass is 10.1. The van der Waals surface area contributed by atoms with Crippen molar-refractivity contribution in [1.29, 1.82) is 5.26 Å². The summed E-state index contributed by atoms with van der Waals surface area (Å²) in [4.78, 5) is 0. The first-order valence-corrected chi connectivity index (χ1v) is 7.48. The van der Waals surface area contributed by atoms with E-state index in [0.29, 0.717) is 29.0 Å². The van der Waals surface area contributed by atoms with Crippen LogP contribution in [0, 0.1) is 17.1 Å². The number of thioether (sulfide) groups is 1. The molecule has 0 amide bonds. The van der Waals surface area contributed by atoms with Crippen molar-refractivity contribution in [3.63, 3.8) is 0 Å². The summed E-state index contributed by atoms with van der Waals surface area (Å²) >= 11 is 1.88. The lowest BCUT2D eigenvalue weighted by molar-refractivity contribution is 0.515. The van der Waals surface area contributed by atoms with Gasteiger partial charge in [-0.15, -0.1) is 0 Å². The molecule has 0 bridgehead atoms. The molecule has 96 valence electrons. The van der Waals surface area contributed by atoms with E-state index in [1.165, 1.54) is 25.0 Å². The van der Waals surface area contributed by atoms with Gasteiger partial charge in [0.1, 0.15) is 5.82 Å². The molecule has 2 unspecified atom stereocenters. The Bertz CT molecular complexity index is 456. The van der Waals surface area contributed by atoms with E-state index >= 15 is 0 Å². The van der Waals surface area contributed by atoms with Crippen LogP contribution in [-0.2, 0) is 6.54 Å². The van der Waals surface area contributed by atoms with Crippen molar-refractivity contribution in [2.45, 2.75) is 37.1 Å². The van der Waals surface area contributed by atoms with Crippen LogP contribution in [0.2, 0.25) is 0 Å². The number of hydrogen-bond acceptors (Lipinski definition) is 3. The highest BCUT2D eigenvalue weighted by Crippen LogP contribution is 2.28. The molecule has 2 rings (SSSR count). The monoisotopic (exact) mass is 264 g/mol. The summed E-state index contributed by atoms with van der Waals surface area (Å²) < 4.78 is 13.6. The van der Waals surface area contributed by atoms with E-state index in [9.17, 15) is 4.39 Å². The van der Waals surface area contributed by atoms with Crippen LogP contribution in [0.4, 0.5) is 4.39 Å². The summed E-state index contributed by atoms with van der Waals surface area (Å²) in [5, 5.41) is 12.9. The van der Waals surface area contributed by atoms with Crippen LogP contribution in [0.25, 0.3) is 0 Å². The van der Waals surface area contributed by atoms with Crippen molar-refractivity contribution >= 4 is 11.8 Å². The molecule has 4 heteroatoms. The Morgan fingerprint density at radius 3 is 3.06 bits per heavy atom. The average Bonchev–Trinajstić information content (AvgIpc) is 2.85. The lowest BCUT2D eigenvalue weighted by Gasteiger charge is -2.19. The van der Waals surface area contributed by atoms with Crippen molar-refractivity contribution in [1.82, 2.24) is 5.32 Å². The first-order valence-electron chi connectivity index (χ1n) is 6.19. The molecule has 0 spiro atoms. The molecule has 2 nitrogen and oxygen atoms in total. The fraction of sp³-hybridized carbons (Fsp3) is 0.500. The summed E-state index contributed by atoms with van der Waals surface area (Å²) in [6, 6.07) is 7.02. The third-order valence-corrected chi connectivity index (χ3v) is 4.65.